The molecule has 0 aliphatic rings. The van der Waals surface area contributed by atoms with Crippen molar-refractivity contribution in [2.24, 2.45) is 5.73 Å². The quantitative estimate of drug-likeness (QED) is 0.861. The molecule has 7 heteroatoms. The highest BCUT2D eigenvalue weighted by molar-refractivity contribution is 6.31. The Morgan fingerprint density at radius 1 is 1.30 bits per heavy atom. The van der Waals surface area contributed by atoms with Gasteiger partial charge in [0.05, 0.1) is 6.61 Å². The summed E-state index contributed by atoms with van der Waals surface area (Å²) in [5.41, 5.74) is 7.42. The molecule has 1 aromatic heterocycles. The SMILES string of the molecule is NCc1cn(CCOCC(F)(F)F)c2cc(Cl)ccc12. The largest absolute Gasteiger partial charge is 0.411 e. The van der Waals surface area contributed by atoms with E-state index in [4.69, 9.17) is 17.3 Å². The van der Waals surface area contributed by atoms with Gasteiger partial charge in [0.25, 0.3) is 0 Å². The lowest BCUT2D eigenvalue weighted by atomic mass is 10.2. The molecule has 0 aliphatic carbocycles. The van der Waals surface area contributed by atoms with Gasteiger partial charge in [-0.25, -0.2) is 0 Å². The Morgan fingerprint density at radius 3 is 2.70 bits per heavy atom. The molecule has 0 unspecified atom stereocenters. The van der Waals surface area contributed by atoms with Gasteiger partial charge in [0.1, 0.15) is 6.61 Å². The van der Waals surface area contributed by atoms with Gasteiger partial charge < -0.3 is 15.0 Å². The number of benzene rings is 1. The van der Waals surface area contributed by atoms with Crippen LogP contribution in [0.4, 0.5) is 13.2 Å². The Morgan fingerprint density at radius 2 is 2.05 bits per heavy atom. The molecule has 0 aliphatic heterocycles. The molecular weight excluding hydrogens is 293 g/mol. The van der Waals surface area contributed by atoms with E-state index in [-0.39, 0.29) is 6.61 Å². The van der Waals surface area contributed by atoms with E-state index in [1.165, 1.54) is 0 Å². The molecule has 0 amide bonds. The van der Waals surface area contributed by atoms with Gasteiger partial charge in [-0.15, -0.1) is 0 Å². The molecule has 20 heavy (non-hydrogen) atoms. The third-order valence-corrected chi connectivity index (χ3v) is 3.12. The van der Waals surface area contributed by atoms with Crippen LogP contribution < -0.4 is 5.73 Å². The number of fused-ring (bicyclic) bond motifs is 1. The fraction of sp³-hybridized carbons (Fsp3) is 0.385. The van der Waals surface area contributed by atoms with Crippen molar-refractivity contribution in [2.75, 3.05) is 13.2 Å². The lowest BCUT2D eigenvalue weighted by molar-refractivity contribution is -0.174. The van der Waals surface area contributed by atoms with Gasteiger partial charge in [-0.2, -0.15) is 13.2 Å². The molecule has 0 bridgehead atoms. The number of nitrogens with two attached hydrogens (primary N) is 1. The predicted molar refractivity (Wildman–Crippen MR) is 71.7 cm³/mol. The highest BCUT2D eigenvalue weighted by Gasteiger charge is 2.27. The summed E-state index contributed by atoms with van der Waals surface area (Å²) in [5.74, 6) is 0. The first-order chi connectivity index (χ1) is 9.40. The molecule has 0 spiro atoms. The van der Waals surface area contributed by atoms with Gasteiger partial charge in [-0.05, 0) is 17.7 Å². The standard InChI is InChI=1S/C13H14ClF3N2O/c14-10-1-2-11-9(6-18)7-19(12(11)5-10)3-4-20-8-13(15,16)17/h1-2,5,7H,3-4,6,8,18H2. The van der Waals surface area contributed by atoms with Gasteiger partial charge in [0.15, 0.2) is 0 Å². The second-order valence-electron chi connectivity index (χ2n) is 4.38. The summed E-state index contributed by atoms with van der Waals surface area (Å²) in [6, 6.07) is 5.38. The molecule has 0 fully saturated rings. The van der Waals surface area contributed by atoms with Crippen LogP contribution in [0, 0.1) is 0 Å². The van der Waals surface area contributed by atoms with Crippen molar-refractivity contribution in [2.45, 2.75) is 19.3 Å². The summed E-state index contributed by atoms with van der Waals surface area (Å²) in [5, 5.41) is 1.52. The van der Waals surface area contributed by atoms with Crippen molar-refractivity contribution in [3.05, 3.63) is 35.0 Å². The molecule has 2 rings (SSSR count). The fourth-order valence-corrected chi connectivity index (χ4v) is 2.21. The zero-order valence-corrected chi connectivity index (χ0v) is 11.3. The van der Waals surface area contributed by atoms with Crippen molar-refractivity contribution in [3.63, 3.8) is 0 Å². The lowest BCUT2D eigenvalue weighted by Crippen LogP contribution is -2.18. The van der Waals surface area contributed by atoms with Gasteiger partial charge in [-0.1, -0.05) is 17.7 Å². The Balaban J connectivity index is 2.11. The summed E-state index contributed by atoms with van der Waals surface area (Å²) in [7, 11) is 0. The number of aromatic nitrogens is 1. The van der Waals surface area contributed by atoms with E-state index >= 15 is 0 Å². The van der Waals surface area contributed by atoms with Crippen LogP contribution in [0.15, 0.2) is 24.4 Å². The van der Waals surface area contributed by atoms with Crippen LogP contribution >= 0.6 is 11.6 Å². The Kier molecular flexibility index (Phi) is 4.57. The van der Waals surface area contributed by atoms with Crippen LogP contribution in [-0.2, 0) is 17.8 Å². The maximum atomic E-state index is 12.0. The number of rotatable bonds is 5. The van der Waals surface area contributed by atoms with Gasteiger partial charge in [0.2, 0.25) is 0 Å². The molecule has 1 heterocycles. The van der Waals surface area contributed by atoms with Gasteiger partial charge in [0, 0.05) is 35.2 Å². The highest BCUT2D eigenvalue weighted by Crippen LogP contribution is 2.24. The van der Waals surface area contributed by atoms with Crippen LogP contribution in [0.3, 0.4) is 0 Å². The maximum Gasteiger partial charge on any atom is 0.411 e. The van der Waals surface area contributed by atoms with E-state index in [1.54, 1.807) is 16.7 Å². The van der Waals surface area contributed by atoms with Crippen molar-refractivity contribution >= 4 is 22.5 Å². The smallest absolute Gasteiger partial charge is 0.370 e. The summed E-state index contributed by atoms with van der Waals surface area (Å²) >= 11 is 5.94. The number of hydrogen-bond acceptors (Lipinski definition) is 2. The maximum absolute atomic E-state index is 12.0. The molecule has 3 nitrogen and oxygen atoms in total. The summed E-state index contributed by atoms with van der Waals surface area (Å²) in [4.78, 5) is 0. The third-order valence-electron chi connectivity index (χ3n) is 2.89. The minimum atomic E-state index is -4.30. The first-order valence-corrected chi connectivity index (χ1v) is 6.40. The van der Waals surface area contributed by atoms with E-state index in [0.717, 1.165) is 16.5 Å². The molecule has 0 atom stereocenters. The Hall–Kier alpha value is -1.24. The molecule has 2 N–H and O–H groups in total. The number of nitrogens with zero attached hydrogens (tertiary/aromatic N) is 1. The summed E-state index contributed by atoms with van der Waals surface area (Å²) in [6.07, 6.45) is -2.48. The lowest BCUT2D eigenvalue weighted by Gasteiger charge is -2.09. The minimum Gasteiger partial charge on any atom is -0.370 e. The zero-order valence-electron chi connectivity index (χ0n) is 10.6. The Bertz CT molecular complexity index is 595. The molecule has 2 aromatic rings. The Labute approximate surface area is 119 Å². The number of hydrogen-bond donors (Lipinski definition) is 1. The summed E-state index contributed by atoms with van der Waals surface area (Å²) in [6.45, 7) is -0.599. The fourth-order valence-electron chi connectivity index (χ4n) is 2.04. The normalized spacial score (nSPS) is 12.2. The monoisotopic (exact) mass is 306 g/mol. The van der Waals surface area contributed by atoms with Crippen molar-refractivity contribution in [3.8, 4) is 0 Å². The van der Waals surface area contributed by atoms with Crippen LogP contribution in [0.1, 0.15) is 5.56 Å². The van der Waals surface area contributed by atoms with Crippen LogP contribution in [0.2, 0.25) is 5.02 Å². The number of ether oxygens (including phenoxy) is 1. The molecule has 1 aromatic carbocycles. The molecule has 0 saturated heterocycles. The average Bonchev–Trinajstić information content (AvgIpc) is 2.71. The van der Waals surface area contributed by atoms with Crippen LogP contribution in [0.25, 0.3) is 10.9 Å². The topological polar surface area (TPSA) is 40.2 Å². The number of halogens is 4. The van der Waals surface area contributed by atoms with Gasteiger partial charge >= 0.3 is 6.18 Å². The van der Waals surface area contributed by atoms with Crippen molar-refractivity contribution in [1.29, 1.82) is 0 Å². The molecular formula is C13H14ClF3N2O. The average molecular weight is 307 g/mol. The predicted octanol–water partition coefficient (Wildman–Crippen LogP) is 3.33. The third kappa shape index (κ3) is 3.65. The molecule has 0 radical (unpaired) electrons. The van der Waals surface area contributed by atoms with E-state index in [9.17, 15) is 13.2 Å². The molecule has 0 saturated carbocycles. The minimum absolute atomic E-state index is 0.0280. The second kappa shape index (κ2) is 6.03. The highest BCUT2D eigenvalue weighted by atomic mass is 35.5. The van der Waals surface area contributed by atoms with Crippen molar-refractivity contribution in [1.82, 2.24) is 4.57 Å². The van der Waals surface area contributed by atoms with Crippen LogP contribution in [0.5, 0.6) is 0 Å². The van der Waals surface area contributed by atoms with Gasteiger partial charge in [-0.3, -0.25) is 0 Å². The zero-order chi connectivity index (χ0) is 14.8. The first-order valence-electron chi connectivity index (χ1n) is 6.02. The number of alkyl halides is 3. The van der Waals surface area contributed by atoms with E-state index < -0.39 is 12.8 Å². The van der Waals surface area contributed by atoms with Crippen LogP contribution in [-0.4, -0.2) is 24.0 Å². The summed E-state index contributed by atoms with van der Waals surface area (Å²) < 4.78 is 42.4. The second-order valence-corrected chi connectivity index (χ2v) is 4.82. The van der Waals surface area contributed by atoms with E-state index in [0.29, 0.717) is 18.1 Å². The van der Waals surface area contributed by atoms with E-state index in [2.05, 4.69) is 4.74 Å². The molecule has 110 valence electrons. The van der Waals surface area contributed by atoms with Crippen molar-refractivity contribution < 1.29 is 17.9 Å². The first kappa shape index (κ1) is 15.2. The van der Waals surface area contributed by atoms with E-state index in [1.807, 2.05) is 12.3 Å².